The number of anilines is 1. The first-order valence-corrected chi connectivity index (χ1v) is 9.88. The van der Waals surface area contributed by atoms with E-state index in [0.29, 0.717) is 24.5 Å². The summed E-state index contributed by atoms with van der Waals surface area (Å²) in [5.41, 5.74) is 0.613. The monoisotopic (exact) mass is 403 g/mol. The van der Waals surface area contributed by atoms with Crippen LogP contribution in [0.4, 0.5) is 5.69 Å². The largest absolute Gasteiger partial charge is 0.497 e. The van der Waals surface area contributed by atoms with Gasteiger partial charge in [0, 0.05) is 45.0 Å². The molecule has 2 N–H and O–H groups in total. The van der Waals surface area contributed by atoms with Crippen molar-refractivity contribution < 1.29 is 19.1 Å². The zero-order valence-electron chi connectivity index (χ0n) is 17.0. The smallest absolute Gasteiger partial charge is 0.243 e. The molecular weight excluding hydrogens is 374 g/mol. The molecule has 2 saturated heterocycles. The van der Waals surface area contributed by atoms with Gasteiger partial charge in [-0.05, 0) is 31.3 Å². The van der Waals surface area contributed by atoms with Crippen LogP contribution in [0.1, 0.15) is 6.42 Å². The fraction of sp³-hybridized carbons (Fsp3) is 0.550. The van der Waals surface area contributed by atoms with E-state index in [1.54, 1.807) is 36.3 Å². The van der Waals surface area contributed by atoms with Crippen LogP contribution in [0.2, 0.25) is 0 Å². The van der Waals surface area contributed by atoms with E-state index in [4.69, 9.17) is 4.74 Å². The molecule has 2 aliphatic heterocycles. The third-order valence-corrected chi connectivity index (χ3v) is 5.36. The van der Waals surface area contributed by atoms with Crippen molar-refractivity contribution in [2.45, 2.75) is 12.5 Å². The summed E-state index contributed by atoms with van der Waals surface area (Å²) in [5, 5.41) is 5.54. The summed E-state index contributed by atoms with van der Waals surface area (Å²) in [6.07, 6.45) is -0.0770. The molecule has 0 radical (unpaired) electrons. The minimum atomic E-state index is -0.790. The zero-order valence-corrected chi connectivity index (χ0v) is 17.0. The number of hydrogen-bond donors (Lipinski definition) is 2. The Kier molecular flexibility index (Phi) is 7.05. The SMILES string of the molecule is COc1ccc(NC(=O)C[C@@H]2C(=O)NCCN2C(=O)CN2CCN(C)CC2)cc1. The van der Waals surface area contributed by atoms with E-state index in [0.717, 1.165) is 26.2 Å². The molecule has 0 saturated carbocycles. The molecule has 1 atom stereocenters. The summed E-state index contributed by atoms with van der Waals surface area (Å²) < 4.78 is 5.10. The Bertz CT molecular complexity index is 731. The summed E-state index contributed by atoms with van der Waals surface area (Å²) in [6, 6.07) is 6.16. The molecule has 9 nitrogen and oxygen atoms in total. The van der Waals surface area contributed by atoms with Crippen LogP contribution >= 0.6 is 0 Å². The van der Waals surface area contributed by atoms with Crippen molar-refractivity contribution in [3.63, 3.8) is 0 Å². The highest BCUT2D eigenvalue weighted by Crippen LogP contribution is 2.17. The molecule has 2 heterocycles. The van der Waals surface area contributed by atoms with Crippen LogP contribution in [0.3, 0.4) is 0 Å². The average Bonchev–Trinajstić information content (AvgIpc) is 2.71. The van der Waals surface area contributed by atoms with Crippen molar-refractivity contribution >= 4 is 23.4 Å². The normalized spacial score (nSPS) is 20.8. The van der Waals surface area contributed by atoms with Crippen LogP contribution < -0.4 is 15.4 Å². The molecule has 3 amide bonds. The lowest BCUT2D eigenvalue weighted by Crippen LogP contribution is -2.60. The van der Waals surface area contributed by atoms with Crippen LogP contribution in [0.15, 0.2) is 24.3 Å². The lowest BCUT2D eigenvalue weighted by molar-refractivity contribution is -0.145. The Morgan fingerprint density at radius 2 is 1.83 bits per heavy atom. The molecule has 0 unspecified atom stereocenters. The number of benzene rings is 1. The van der Waals surface area contributed by atoms with E-state index in [-0.39, 0.29) is 30.7 Å². The maximum absolute atomic E-state index is 12.9. The number of likely N-dealkylation sites (N-methyl/N-ethyl adjacent to an activating group) is 1. The minimum absolute atomic E-state index is 0.0770. The standard InChI is InChI=1S/C20H29N5O4/c1-23-9-11-24(12-10-23)14-19(27)25-8-7-21-20(28)17(25)13-18(26)22-15-3-5-16(29-2)6-4-15/h3-6,17H,7-14H2,1-2H3,(H,21,28)(H,22,26)/t17-/m1/s1. The van der Waals surface area contributed by atoms with Gasteiger partial charge in [0.05, 0.1) is 20.1 Å². The lowest BCUT2D eigenvalue weighted by Gasteiger charge is -2.37. The summed E-state index contributed by atoms with van der Waals surface area (Å²) in [5.74, 6) is -0.00976. The Morgan fingerprint density at radius 3 is 2.48 bits per heavy atom. The maximum atomic E-state index is 12.9. The molecule has 1 aromatic rings. The fourth-order valence-corrected chi connectivity index (χ4v) is 3.57. The van der Waals surface area contributed by atoms with E-state index in [1.165, 1.54) is 0 Å². The van der Waals surface area contributed by atoms with Gasteiger partial charge in [-0.15, -0.1) is 0 Å². The quantitative estimate of drug-likeness (QED) is 0.671. The minimum Gasteiger partial charge on any atom is -0.497 e. The number of rotatable bonds is 6. The van der Waals surface area contributed by atoms with E-state index in [9.17, 15) is 14.4 Å². The third-order valence-electron chi connectivity index (χ3n) is 5.36. The van der Waals surface area contributed by atoms with Crippen LogP contribution in [-0.4, -0.2) is 98.4 Å². The number of ether oxygens (including phenoxy) is 1. The molecule has 0 spiro atoms. The Morgan fingerprint density at radius 1 is 1.14 bits per heavy atom. The highest BCUT2D eigenvalue weighted by molar-refractivity contribution is 5.97. The van der Waals surface area contributed by atoms with Gasteiger partial charge >= 0.3 is 0 Å². The predicted molar refractivity (Wildman–Crippen MR) is 109 cm³/mol. The molecule has 1 aromatic carbocycles. The Hall–Kier alpha value is -2.65. The van der Waals surface area contributed by atoms with Gasteiger partial charge in [-0.3, -0.25) is 19.3 Å². The van der Waals surface area contributed by atoms with E-state index in [1.807, 2.05) is 0 Å². The number of nitrogens with zero attached hydrogens (tertiary/aromatic N) is 3. The van der Waals surface area contributed by atoms with Crippen molar-refractivity contribution in [1.82, 2.24) is 20.0 Å². The van der Waals surface area contributed by atoms with Gasteiger partial charge in [0.1, 0.15) is 11.8 Å². The van der Waals surface area contributed by atoms with Crippen LogP contribution in [0.5, 0.6) is 5.75 Å². The van der Waals surface area contributed by atoms with Crippen LogP contribution in [0, 0.1) is 0 Å². The van der Waals surface area contributed by atoms with Crippen molar-refractivity contribution in [2.24, 2.45) is 0 Å². The van der Waals surface area contributed by atoms with E-state index < -0.39 is 6.04 Å². The summed E-state index contributed by atoms with van der Waals surface area (Å²) >= 11 is 0. The molecule has 9 heteroatoms. The number of piperazine rings is 2. The first-order chi connectivity index (χ1) is 14.0. The number of carbonyl (C=O) groups excluding carboxylic acids is 3. The zero-order chi connectivity index (χ0) is 20.8. The first-order valence-electron chi connectivity index (χ1n) is 9.88. The van der Waals surface area contributed by atoms with Gasteiger partial charge in [0.25, 0.3) is 0 Å². The average molecular weight is 403 g/mol. The Labute approximate surface area is 171 Å². The molecule has 0 aromatic heterocycles. The molecule has 0 aliphatic carbocycles. The van der Waals surface area contributed by atoms with Crippen molar-refractivity contribution in [3.05, 3.63) is 24.3 Å². The molecular formula is C20H29N5O4. The third kappa shape index (κ3) is 5.68. The van der Waals surface area contributed by atoms with Gasteiger partial charge in [-0.2, -0.15) is 0 Å². The number of amides is 3. The predicted octanol–water partition coefficient (Wildman–Crippen LogP) is -0.402. The fourth-order valence-electron chi connectivity index (χ4n) is 3.57. The Balaban J connectivity index is 1.59. The molecule has 29 heavy (non-hydrogen) atoms. The first kappa shape index (κ1) is 21.1. The topological polar surface area (TPSA) is 94.2 Å². The van der Waals surface area contributed by atoms with Gasteiger partial charge in [0.2, 0.25) is 17.7 Å². The van der Waals surface area contributed by atoms with Gasteiger partial charge in [-0.1, -0.05) is 0 Å². The second-order valence-corrected chi connectivity index (χ2v) is 7.45. The lowest BCUT2D eigenvalue weighted by atomic mass is 10.1. The van der Waals surface area contributed by atoms with Crippen LogP contribution in [0.25, 0.3) is 0 Å². The summed E-state index contributed by atoms with van der Waals surface area (Å²) in [6.45, 7) is 4.58. The summed E-state index contributed by atoms with van der Waals surface area (Å²) in [7, 11) is 3.63. The van der Waals surface area contributed by atoms with Crippen molar-refractivity contribution in [3.8, 4) is 5.75 Å². The number of carbonyl (C=O) groups is 3. The van der Waals surface area contributed by atoms with Crippen LogP contribution in [-0.2, 0) is 14.4 Å². The summed E-state index contributed by atoms with van der Waals surface area (Å²) in [4.78, 5) is 43.6. The van der Waals surface area contributed by atoms with Gasteiger partial charge in [0.15, 0.2) is 0 Å². The van der Waals surface area contributed by atoms with Crippen molar-refractivity contribution in [2.75, 3.05) is 65.3 Å². The van der Waals surface area contributed by atoms with Gasteiger partial charge < -0.3 is 25.2 Å². The number of hydrogen-bond acceptors (Lipinski definition) is 6. The maximum Gasteiger partial charge on any atom is 0.243 e. The molecule has 158 valence electrons. The van der Waals surface area contributed by atoms with E-state index >= 15 is 0 Å². The number of nitrogens with one attached hydrogen (secondary N) is 2. The van der Waals surface area contributed by atoms with Gasteiger partial charge in [-0.25, -0.2) is 0 Å². The highest BCUT2D eigenvalue weighted by Gasteiger charge is 2.35. The van der Waals surface area contributed by atoms with Crippen molar-refractivity contribution in [1.29, 1.82) is 0 Å². The molecule has 2 aliphatic rings. The second-order valence-electron chi connectivity index (χ2n) is 7.45. The van der Waals surface area contributed by atoms with E-state index in [2.05, 4.69) is 27.5 Å². The molecule has 3 rings (SSSR count). The number of methoxy groups -OCH3 is 1. The highest BCUT2D eigenvalue weighted by atomic mass is 16.5. The molecule has 0 bridgehead atoms. The second kappa shape index (κ2) is 9.71. The molecule has 2 fully saturated rings.